The average molecular weight is 294 g/mol. The van der Waals surface area contributed by atoms with Crippen LogP contribution in [0.5, 0.6) is 0 Å². The second-order valence-corrected chi connectivity index (χ2v) is 5.56. The number of terminal acetylenes is 1. The van der Waals surface area contributed by atoms with E-state index in [4.69, 9.17) is 6.42 Å². The first kappa shape index (κ1) is 17.2. The number of carboxylic acids is 1. The minimum absolute atomic E-state index is 0.200. The van der Waals surface area contributed by atoms with Gasteiger partial charge in [0.15, 0.2) is 0 Å². The Labute approximate surface area is 124 Å². The van der Waals surface area contributed by atoms with Crippen LogP contribution < -0.4 is 0 Å². The SMILES string of the molecule is C#CC(F)(F)CCCCC(C)(C(=O)O)c1cccc(C)c1. The second-order valence-electron chi connectivity index (χ2n) is 5.56. The van der Waals surface area contributed by atoms with Crippen molar-refractivity contribution in [1.82, 2.24) is 0 Å². The lowest BCUT2D eigenvalue weighted by molar-refractivity contribution is -0.143. The molecule has 0 aromatic heterocycles. The Kier molecular flexibility index (Phi) is 5.48. The summed E-state index contributed by atoms with van der Waals surface area (Å²) in [6.07, 6.45) is 5.21. The van der Waals surface area contributed by atoms with E-state index >= 15 is 0 Å². The topological polar surface area (TPSA) is 37.3 Å². The van der Waals surface area contributed by atoms with Crippen molar-refractivity contribution in [1.29, 1.82) is 0 Å². The number of carbonyl (C=O) groups is 1. The van der Waals surface area contributed by atoms with Gasteiger partial charge in [-0.2, -0.15) is 8.78 Å². The molecule has 0 spiro atoms. The molecule has 1 aromatic carbocycles. The van der Waals surface area contributed by atoms with Gasteiger partial charge >= 0.3 is 11.9 Å². The Morgan fingerprint density at radius 2 is 1.95 bits per heavy atom. The summed E-state index contributed by atoms with van der Waals surface area (Å²) in [6.45, 7) is 3.52. The fraction of sp³-hybridized carbons (Fsp3) is 0.471. The van der Waals surface area contributed by atoms with Crippen molar-refractivity contribution in [3.63, 3.8) is 0 Å². The fourth-order valence-electron chi connectivity index (χ4n) is 2.26. The van der Waals surface area contributed by atoms with Gasteiger partial charge in [-0.25, -0.2) is 0 Å². The first-order valence-corrected chi connectivity index (χ1v) is 6.87. The number of rotatable bonds is 7. The molecule has 21 heavy (non-hydrogen) atoms. The molecule has 0 bridgehead atoms. The van der Waals surface area contributed by atoms with Gasteiger partial charge in [-0.05, 0) is 38.2 Å². The minimum Gasteiger partial charge on any atom is -0.481 e. The van der Waals surface area contributed by atoms with Crippen LogP contribution in [-0.4, -0.2) is 17.0 Å². The number of aliphatic carboxylic acids is 1. The van der Waals surface area contributed by atoms with Crippen LogP contribution in [0.3, 0.4) is 0 Å². The van der Waals surface area contributed by atoms with Crippen molar-refractivity contribution in [3.05, 3.63) is 35.4 Å². The molecule has 2 nitrogen and oxygen atoms in total. The summed E-state index contributed by atoms with van der Waals surface area (Å²) in [5.41, 5.74) is 0.592. The monoisotopic (exact) mass is 294 g/mol. The molecular formula is C17H20F2O2. The highest BCUT2D eigenvalue weighted by Crippen LogP contribution is 2.32. The zero-order valence-corrected chi connectivity index (χ0v) is 12.3. The predicted molar refractivity (Wildman–Crippen MR) is 78.4 cm³/mol. The largest absolute Gasteiger partial charge is 0.481 e. The molecule has 4 heteroatoms. The van der Waals surface area contributed by atoms with Crippen molar-refractivity contribution in [2.24, 2.45) is 0 Å². The van der Waals surface area contributed by atoms with Crippen molar-refractivity contribution in [2.45, 2.75) is 50.9 Å². The number of carboxylic acid groups (broad SMARTS) is 1. The standard InChI is InChI=1S/C17H20F2O2/c1-4-17(18,19)11-6-5-10-16(3,15(20)21)14-9-7-8-13(2)12-14/h1,7-9,12H,5-6,10-11H2,2-3H3,(H,20,21). The van der Waals surface area contributed by atoms with Gasteiger partial charge in [0, 0.05) is 6.42 Å². The van der Waals surface area contributed by atoms with Crippen LogP contribution in [0.25, 0.3) is 0 Å². The third-order valence-electron chi connectivity index (χ3n) is 3.76. The van der Waals surface area contributed by atoms with E-state index < -0.39 is 23.7 Å². The summed E-state index contributed by atoms with van der Waals surface area (Å²) < 4.78 is 25.9. The molecule has 0 radical (unpaired) electrons. The van der Waals surface area contributed by atoms with Crippen molar-refractivity contribution in [2.75, 3.05) is 0 Å². The maximum atomic E-state index is 13.0. The average Bonchev–Trinajstić information content (AvgIpc) is 2.43. The van der Waals surface area contributed by atoms with E-state index in [9.17, 15) is 18.7 Å². The third kappa shape index (κ3) is 4.56. The predicted octanol–water partition coefficient (Wildman–Crippen LogP) is 4.17. The molecule has 0 heterocycles. The molecular weight excluding hydrogens is 274 g/mol. The summed E-state index contributed by atoms with van der Waals surface area (Å²) >= 11 is 0. The number of alkyl halides is 2. The molecule has 1 rings (SSSR count). The highest BCUT2D eigenvalue weighted by atomic mass is 19.3. The molecule has 0 saturated heterocycles. The van der Waals surface area contributed by atoms with Gasteiger partial charge in [0.2, 0.25) is 0 Å². The Bertz CT molecular complexity index is 546. The van der Waals surface area contributed by atoms with Crippen LogP contribution >= 0.6 is 0 Å². The zero-order valence-electron chi connectivity index (χ0n) is 12.3. The molecule has 0 aliphatic carbocycles. The molecule has 1 aromatic rings. The zero-order chi connectivity index (χ0) is 16.1. The molecule has 0 aliphatic rings. The quantitative estimate of drug-likeness (QED) is 0.605. The number of hydrogen-bond donors (Lipinski definition) is 1. The second kappa shape index (κ2) is 6.71. The molecule has 1 N–H and O–H groups in total. The maximum absolute atomic E-state index is 13.0. The van der Waals surface area contributed by atoms with Gasteiger partial charge in [0.1, 0.15) is 0 Å². The number of halogens is 2. The lowest BCUT2D eigenvalue weighted by atomic mass is 9.77. The molecule has 0 aliphatic heterocycles. The number of benzene rings is 1. The van der Waals surface area contributed by atoms with Crippen LogP contribution in [0.4, 0.5) is 8.78 Å². The summed E-state index contributed by atoms with van der Waals surface area (Å²) in [5, 5.41) is 9.50. The fourth-order valence-corrected chi connectivity index (χ4v) is 2.26. The first-order chi connectivity index (χ1) is 9.71. The van der Waals surface area contributed by atoms with Gasteiger partial charge < -0.3 is 5.11 Å². The Morgan fingerprint density at radius 1 is 1.33 bits per heavy atom. The van der Waals surface area contributed by atoms with E-state index in [0.29, 0.717) is 18.4 Å². The van der Waals surface area contributed by atoms with E-state index in [-0.39, 0.29) is 6.42 Å². The van der Waals surface area contributed by atoms with E-state index in [1.54, 1.807) is 19.1 Å². The third-order valence-corrected chi connectivity index (χ3v) is 3.76. The van der Waals surface area contributed by atoms with Gasteiger partial charge in [-0.3, -0.25) is 4.79 Å². The van der Waals surface area contributed by atoms with E-state index in [2.05, 4.69) is 0 Å². The Hall–Kier alpha value is -1.89. The lowest BCUT2D eigenvalue weighted by Gasteiger charge is -2.26. The highest BCUT2D eigenvalue weighted by molar-refractivity contribution is 5.80. The molecule has 0 fully saturated rings. The molecule has 0 amide bonds. The molecule has 1 unspecified atom stereocenters. The summed E-state index contributed by atoms with van der Waals surface area (Å²) in [7, 11) is 0. The summed E-state index contributed by atoms with van der Waals surface area (Å²) in [5.74, 6) is -2.60. The summed E-state index contributed by atoms with van der Waals surface area (Å²) in [4.78, 5) is 11.6. The van der Waals surface area contributed by atoms with E-state index in [1.807, 2.05) is 19.1 Å². The van der Waals surface area contributed by atoms with Crippen LogP contribution in [0.15, 0.2) is 24.3 Å². The number of hydrogen-bond acceptors (Lipinski definition) is 1. The van der Waals surface area contributed by atoms with Gasteiger partial charge in [0.05, 0.1) is 5.41 Å². The van der Waals surface area contributed by atoms with E-state index in [1.165, 1.54) is 5.92 Å². The van der Waals surface area contributed by atoms with Gasteiger partial charge in [0.25, 0.3) is 0 Å². The number of aryl methyl sites for hydroxylation is 1. The van der Waals surface area contributed by atoms with E-state index in [0.717, 1.165) is 5.56 Å². The Balaban J connectivity index is 2.75. The van der Waals surface area contributed by atoms with Gasteiger partial charge in [-0.1, -0.05) is 36.2 Å². The lowest BCUT2D eigenvalue weighted by Crippen LogP contribution is -2.32. The Morgan fingerprint density at radius 3 is 2.48 bits per heavy atom. The highest BCUT2D eigenvalue weighted by Gasteiger charge is 2.35. The first-order valence-electron chi connectivity index (χ1n) is 6.87. The smallest absolute Gasteiger partial charge is 0.313 e. The van der Waals surface area contributed by atoms with Crippen molar-refractivity contribution >= 4 is 5.97 Å². The minimum atomic E-state index is -3.11. The molecule has 0 saturated carbocycles. The normalized spacial score (nSPS) is 14.2. The van der Waals surface area contributed by atoms with Crippen LogP contribution in [0.1, 0.15) is 43.7 Å². The van der Waals surface area contributed by atoms with Crippen molar-refractivity contribution in [3.8, 4) is 12.3 Å². The summed E-state index contributed by atoms with van der Waals surface area (Å²) in [6, 6.07) is 7.28. The molecule has 1 atom stereocenters. The van der Waals surface area contributed by atoms with Gasteiger partial charge in [-0.15, -0.1) is 6.42 Å². The number of unbranched alkanes of at least 4 members (excludes halogenated alkanes) is 1. The van der Waals surface area contributed by atoms with Crippen LogP contribution in [0, 0.1) is 19.3 Å². The van der Waals surface area contributed by atoms with Crippen LogP contribution in [-0.2, 0) is 10.2 Å². The van der Waals surface area contributed by atoms with Crippen molar-refractivity contribution < 1.29 is 18.7 Å². The molecule has 114 valence electrons. The van der Waals surface area contributed by atoms with Crippen LogP contribution in [0.2, 0.25) is 0 Å². The maximum Gasteiger partial charge on any atom is 0.313 e.